The largest absolute Gasteiger partial charge is 0.497 e. The molecule has 4 heteroatoms. The first-order chi connectivity index (χ1) is 10.7. The summed E-state index contributed by atoms with van der Waals surface area (Å²) in [5.74, 6) is 1.21. The standard InChI is InChI=1S/C18H19N3O/c1-13(2)18-12-17(16-6-4-5-11-19-16)20-21(18)14-7-9-15(22-3)10-8-14/h4-13H,1-3H3. The fraction of sp³-hybridized carbons (Fsp3) is 0.222. The highest BCUT2D eigenvalue weighted by Crippen LogP contribution is 2.25. The molecular formula is C18H19N3O. The van der Waals surface area contributed by atoms with Crippen molar-refractivity contribution in [2.24, 2.45) is 0 Å². The molecule has 2 heterocycles. The summed E-state index contributed by atoms with van der Waals surface area (Å²) in [6.45, 7) is 4.33. The first kappa shape index (κ1) is 14.3. The highest BCUT2D eigenvalue weighted by Gasteiger charge is 2.14. The molecule has 1 aromatic carbocycles. The van der Waals surface area contributed by atoms with Gasteiger partial charge < -0.3 is 4.74 Å². The molecule has 0 N–H and O–H groups in total. The highest BCUT2D eigenvalue weighted by molar-refractivity contribution is 5.55. The lowest BCUT2D eigenvalue weighted by Crippen LogP contribution is -2.03. The lowest BCUT2D eigenvalue weighted by Gasteiger charge is -2.10. The van der Waals surface area contributed by atoms with Crippen LogP contribution in [0.4, 0.5) is 0 Å². The van der Waals surface area contributed by atoms with E-state index in [1.54, 1.807) is 13.3 Å². The average molecular weight is 293 g/mol. The summed E-state index contributed by atoms with van der Waals surface area (Å²) < 4.78 is 7.20. The SMILES string of the molecule is COc1ccc(-n2nc(-c3ccccn3)cc2C(C)C)cc1. The molecule has 0 saturated carbocycles. The Kier molecular flexibility index (Phi) is 3.92. The van der Waals surface area contributed by atoms with Gasteiger partial charge in [0, 0.05) is 11.9 Å². The number of ether oxygens (including phenoxy) is 1. The van der Waals surface area contributed by atoms with E-state index in [0.29, 0.717) is 5.92 Å². The molecule has 112 valence electrons. The second-order valence-corrected chi connectivity index (χ2v) is 5.43. The average Bonchev–Trinajstić information content (AvgIpc) is 3.01. The van der Waals surface area contributed by atoms with Crippen LogP contribution in [-0.4, -0.2) is 21.9 Å². The van der Waals surface area contributed by atoms with E-state index in [0.717, 1.165) is 28.5 Å². The molecule has 0 amide bonds. The van der Waals surface area contributed by atoms with Crippen LogP contribution in [0.5, 0.6) is 5.75 Å². The zero-order valence-corrected chi connectivity index (χ0v) is 13.0. The van der Waals surface area contributed by atoms with Crippen LogP contribution in [0.2, 0.25) is 0 Å². The smallest absolute Gasteiger partial charge is 0.119 e. The maximum Gasteiger partial charge on any atom is 0.119 e. The van der Waals surface area contributed by atoms with E-state index in [4.69, 9.17) is 9.84 Å². The van der Waals surface area contributed by atoms with Crippen molar-refractivity contribution in [2.45, 2.75) is 19.8 Å². The van der Waals surface area contributed by atoms with Gasteiger partial charge in [0.25, 0.3) is 0 Å². The van der Waals surface area contributed by atoms with Crippen molar-refractivity contribution in [3.05, 3.63) is 60.4 Å². The second-order valence-electron chi connectivity index (χ2n) is 5.43. The minimum Gasteiger partial charge on any atom is -0.497 e. The number of rotatable bonds is 4. The Bertz CT molecular complexity index is 746. The van der Waals surface area contributed by atoms with Gasteiger partial charge >= 0.3 is 0 Å². The van der Waals surface area contributed by atoms with Crippen molar-refractivity contribution >= 4 is 0 Å². The maximum absolute atomic E-state index is 5.22. The van der Waals surface area contributed by atoms with Gasteiger partial charge in [-0.15, -0.1) is 0 Å². The summed E-state index contributed by atoms with van der Waals surface area (Å²) in [4.78, 5) is 4.39. The fourth-order valence-electron chi connectivity index (χ4n) is 2.38. The first-order valence-corrected chi connectivity index (χ1v) is 7.35. The molecule has 0 spiro atoms. The summed E-state index contributed by atoms with van der Waals surface area (Å²) in [6.07, 6.45) is 1.79. The number of hydrogen-bond donors (Lipinski definition) is 0. The highest BCUT2D eigenvalue weighted by atomic mass is 16.5. The molecule has 0 aliphatic rings. The normalized spacial score (nSPS) is 10.9. The molecule has 3 rings (SSSR count). The van der Waals surface area contributed by atoms with Gasteiger partial charge in [-0.25, -0.2) is 4.68 Å². The predicted octanol–water partition coefficient (Wildman–Crippen LogP) is 4.07. The van der Waals surface area contributed by atoms with Gasteiger partial charge in [-0.1, -0.05) is 19.9 Å². The summed E-state index contributed by atoms with van der Waals surface area (Å²) in [6, 6.07) is 15.9. The number of methoxy groups -OCH3 is 1. The van der Waals surface area contributed by atoms with Gasteiger partial charge in [0.2, 0.25) is 0 Å². The van der Waals surface area contributed by atoms with Crippen molar-refractivity contribution in [1.82, 2.24) is 14.8 Å². The number of nitrogens with zero attached hydrogens (tertiary/aromatic N) is 3. The van der Waals surface area contributed by atoms with Crippen LogP contribution < -0.4 is 4.74 Å². The number of benzene rings is 1. The topological polar surface area (TPSA) is 39.9 Å². The number of aromatic nitrogens is 3. The Balaban J connectivity index is 2.07. The van der Waals surface area contributed by atoms with Crippen LogP contribution in [0.3, 0.4) is 0 Å². The molecule has 2 aromatic heterocycles. The summed E-state index contributed by atoms with van der Waals surface area (Å²) in [5, 5.41) is 4.74. The van der Waals surface area contributed by atoms with Crippen LogP contribution in [0, 0.1) is 0 Å². The van der Waals surface area contributed by atoms with Gasteiger partial charge in [-0.2, -0.15) is 5.10 Å². The van der Waals surface area contributed by atoms with E-state index in [1.165, 1.54) is 0 Å². The van der Waals surface area contributed by atoms with Crippen LogP contribution in [0.25, 0.3) is 17.1 Å². The summed E-state index contributed by atoms with van der Waals surface area (Å²) >= 11 is 0. The van der Waals surface area contributed by atoms with Gasteiger partial charge in [-0.05, 0) is 48.4 Å². The molecule has 0 aliphatic heterocycles. The Labute approximate surface area is 130 Å². The third kappa shape index (κ3) is 2.72. The van der Waals surface area contributed by atoms with Crippen molar-refractivity contribution in [3.8, 4) is 22.8 Å². The molecule has 0 radical (unpaired) electrons. The molecule has 0 aliphatic carbocycles. The lowest BCUT2D eigenvalue weighted by molar-refractivity contribution is 0.414. The Morgan fingerprint density at radius 1 is 1.00 bits per heavy atom. The quantitative estimate of drug-likeness (QED) is 0.728. The zero-order valence-electron chi connectivity index (χ0n) is 13.0. The molecule has 0 atom stereocenters. The Morgan fingerprint density at radius 3 is 2.36 bits per heavy atom. The minimum atomic E-state index is 0.368. The number of hydrogen-bond acceptors (Lipinski definition) is 3. The van der Waals surface area contributed by atoms with Crippen molar-refractivity contribution < 1.29 is 4.74 Å². The molecule has 3 aromatic rings. The van der Waals surface area contributed by atoms with Crippen LogP contribution in [-0.2, 0) is 0 Å². The Morgan fingerprint density at radius 2 is 1.77 bits per heavy atom. The molecule has 0 saturated heterocycles. The van der Waals surface area contributed by atoms with Crippen LogP contribution in [0.15, 0.2) is 54.7 Å². The fourth-order valence-corrected chi connectivity index (χ4v) is 2.38. The van der Waals surface area contributed by atoms with Crippen LogP contribution in [0.1, 0.15) is 25.5 Å². The van der Waals surface area contributed by atoms with E-state index in [-0.39, 0.29) is 0 Å². The summed E-state index contributed by atoms with van der Waals surface area (Å²) in [5.41, 5.74) is 3.95. The Hall–Kier alpha value is -2.62. The van der Waals surface area contributed by atoms with Gasteiger partial charge in [0.05, 0.1) is 18.5 Å². The molecule has 0 fully saturated rings. The van der Waals surface area contributed by atoms with E-state index in [1.807, 2.05) is 47.1 Å². The van der Waals surface area contributed by atoms with Gasteiger partial charge in [-0.3, -0.25) is 4.98 Å². The summed E-state index contributed by atoms with van der Waals surface area (Å²) in [7, 11) is 1.67. The molecule has 22 heavy (non-hydrogen) atoms. The van der Waals surface area contributed by atoms with Crippen LogP contribution >= 0.6 is 0 Å². The molecular weight excluding hydrogens is 274 g/mol. The second kappa shape index (κ2) is 6.02. The van der Waals surface area contributed by atoms with Gasteiger partial charge in [0.1, 0.15) is 11.4 Å². The number of pyridine rings is 1. The van der Waals surface area contributed by atoms with E-state index >= 15 is 0 Å². The molecule has 0 unspecified atom stereocenters. The lowest BCUT2D eigenvalue weighted by atomic mass is 10.1. The van der Waals surface area contributed by atoms with E-state index in [9.17, 15) is 0 Å². The predicted molar refractivity (Wildman–Crippen MR) is 87.4 cm³/mol. The maximum atomic E-state index is 5.22. The third-order valence-electron chi connectivity index (χ3n) is 3.57. The minimum absolute atomic E-state index is 0.368. The molecule has 4 nitrogen and oxygen atoms in total. The monoisotopic (exact) mass is 293 g/mol. The van der Waals surface area contributed by atoms with Gasteiger partial charge in [0.15, 0.2) is 0 Å². The van der Waals surface area contributed by atoms with E-state index in [2.05, 4.69) is 24.9 Å². The first-order valence-electron chi connectivity index (χ1n) is 7.35. The van der Waals surface area contributed by atoms with Crippen molar-refractivity contribution in [3.63, 3.8) is 0 Å². The molecule has 0 bridgehead atoms. The van der Waals surface area contributed by atoms with E-state index < -0.39 is 0 Å². The third-order valence-corrected chi connectivity index (χ3v) is 3.57. The zero-order chi connectivity index (χ0) is 15.5. The van der Waals surface area contributed by atoms with Crippen molar-refractivity contribution in [2.75, 3.05) is 7.11 Å². The van der Waals surface area contributed by atoms with Crippen molar-refractivity contribution in [1.29, 1.82) is 0 Å².